The van der Waals surface area contributed by atoms with Crippen LogP contribution in [0.25, 0.3) is 10.9 Å². The maximum absolute atomic E-state index is 15.4. The van der Waals surface area contributed by atoms with E-state index in [1.165, 1.54) is 7.11 Å². The van der Waals surface area contributed by atoms with Gasteiger partial charge in [-0.05, 0) is 107 Å². The van der Waals surface area contributed by atoms with Crippen LogP contribution in [0.3, 0.4) is 0 Å². The van der Waals surface area contributed by atoms with E-state index in [-0.39, 0.29) is 18.5 Å². The number of fused-ring (bicyclic) bond motifs is 4. The van der Waals surface area contributed by atoms with E-state index >= 15 is 4.79 Å². The van der Waals surface area contributed by atoms with Crippen LogP contribution in [0.15, 0.2) is 48.6 Å². The molecule has 2 aromatic carbocycles. The first-order valence-corrected chi connectivity index (χ1v) is 26.4. The number of carbonyl (C=O) groups excluding carboxylic acids is 2. The molecule has 8 rings (SSSR count). The summed E-state index contributed by atoms with van der Waals surface area (Å²) in [6.45, 7) is 12.6. The fraction of sp³-hybridized carbons (Fsp3) is 0.633. The summed E-state index contributed by atoms with van der Waals surface area (Å²) < 4.78 is 12.4. The lowest BCUT2D eigenvalue weighted by Crippen LogP contribution is -2.81. The second-order valence-electron chi connectivity index (χ2n) is 20.5. The summed E-state index contributed by atoms with van der Waals surface area (Å²) in [6, 6.07) is 11.6. The number of amides is 1. The van der Waals surface area contributed by atoms with Gasteiger partial charge in [0.15, 0.2) is 13.9 Å². The number of esters is 1. The van der Waals surface area contributed by atoms with Gasteiger partial charge in [-0.15, -0.1) is 0 Å². The molecule has 4 aliphatic heterocycles. The van der Waals surface area contributed by atoms with Crippen LogP contribution in [-0.4, -0.2) is 146 Å². The zero-order valence-electron chi connectivity index (χ0n) is 38.9. The quantitative estimate of drug-likeness (QED) is 0.0729. The maximum atomic E-state index is 15.4. The minimum atomic E-state index is -2.39. The van der Waals surface area contributed by atoms with Crippen molar-refractivity contribution >= 4 is 36.8 Å². The lowest BCUT2D eigenvalue weighted by Gasteiger charge is -2.63. The number of rotatable bonds is 10. The maximum Gasteiger partial charge on any atom is 0.322 e. The second kappa shape index (κ2) is 16.3. The fourth-order valence-electron chi connectivity index (χ4n) is 13.6. The summed E-state index contributed by atoms with van der Waals surface area (Å²) in [6.07, 6.45) is 6.17. The number of carbonyl (C=O) groups is 2. The van der Waals surface area contributed by atoms with Gasteiger partial charge in [0.1, 0.15) is 17.3 Å². The predicted octanol–water partition coefficient (Wildman–Crippen LogP) is 4.59. The van der Waals surface area contributed by atoms with Crippen molar-refractivity contribution in [1.29, 1.82) is 0 Å². The Bertz CT molecular complexity index is 2280. The lowest BCUT2D eigenvalue weighted by molar-refractivity contribution is -0.203. The second-order valence-corrected chi connectivity index (χ2v) is 24.7. The van der Waals surface area contributed by atoms with Gasteiger partial charge in [-0.25, -0.2) is 0 Å². The van der Waals surface area contributed by atoms with Crippen LogP contribution in [0.2, 0.25) is 19.1 Å². The Morgan fingerprint density at radius 1 is 1.02 bits per heavy atom. The molecule has 1 saturated carbocycles. The highest BCUT2D eigenvalue weighted by Gasteiger charge is 2.78. The number of aliphatic hydroxyl groups is 3. The standard InChI is InChI=1S/C49H71N5O8Si/c1-10-45(58)28-31(3)29-48(44(57)62-7,39-33(18-23-52(4)30-45)32-16-12-13-17-36(32)51-39)35-26-34-37(27-38(35)61-6)53(5)41-47(34)20-24-54-22-14-19-46(11-2,40(47)54)42(55)49(41,59)43(56)50-21-15-25-63(8,9)60/h12-14,16-17,19,26-27,31,40-42,51,55,58-60H,10-11,15,18,20-25,28-30H2,1-9H3,(H,50,56)/t31-,40-,41+,42+,45-,46+,47+,48-,49-/m0/s1. The average Bonchev–Trinajstić information content (AvgIpc) is 3.91. The van der Waals surface area contributed by atoms with Crippen molar-refractivity contribution in [2.24, 2.45) is 11.3 Å². The van der Waals surface area contributed by atoms with E-state index in [9.17, 15) is 24.9 Å². The highest BCUT2D eigenvalue weighted by molar-refractivity contribution is 6.69. The molecule has 63 heavy (non-hydrogen) atoms. The van der Waals surface area contributed by atoms with E-state index in [1.807, 2.05) is 76.3 Å². The number of aromatic amines is 1. The number of β-amino-alcohol motifs (C(OH)–C–C–N with tert-alkyl or cyclic N) is 1. The average molecular weight is 886 g/mol. The summed E-state index contributed by atoms with van der Waals surface area (Å²) >= 11 is 0. The Kier molecular flexibility index (Phi) is 11.8. The summed E-state index contributed by atoms with van der Waals surface area (Å²) in [7, 11) is 4.60. The zero-order valence-corrected chi connectivity index (χ0v) is 39.9. The number of H-pyrrole nitrogens is 1. The van der Waals surface area contributed by atoms with Gasteiger partial charge in [-0.3, -0.25) is 14.5 Å². The monoisotopic (exact) mass is 886 g/mol. The molecule has 1 amide bonds. The van der Waals surface area contributed by atoms with Crippen molar-refractivity contribution in [3.05, 3.63) is 70.9 Å². The van der Waals surface area contributed by atoms with Crippen LogP contribution in [0.1, 0.15) is 81.7 Å². The van der Waals surface area contributed by atoms with Gasteiger partial charge in [0, 0.05) is 84.0 Å². The van der Waals surface area contributed by atoms with Gasteiger partial charge in [-0.2, -0.15) is 0 Å². The number of anilines is 1. The number of aliphatic hydroxyl groups excluding tert-OH is 1. The van der Waals surface area contributed by atoms with Gasteiger partial charge < -0.3 is 49.7 Å². The Hall–Kier alpha value is -3.76. The van der Waals surface area contributed by atoms with E-state index in [1.54, 1.807) is 7.11 Å². The molecule has 1 aliphatic carbocycles. The van der Waals surface area contributed by atoms with Crippen molar-refractivity contribution in [2.75, 3.05) is 65.9 Å². The van der Waals surface area contributed by atoms with Crippen LogP contribution in [0.4, 0.5) is 5.69 Å². The molecule has 1 saturated heterocycles. The molecular formula is C49H71N5O8Si. The molecule has 5 heterocycles. The van der Waals surface area contributed by atoms with E-state index in [2.05, 4.69) is 45.2 Å². The summed E-state index contributed by atoms with van der Waals surface area (Å²) in [4.78, 5) is 51.2. The van der Waals surface area contributed by atoms with Crippen LogP contribution in [0.5, 0.6) is 5.75 Å². The summed E-state index contributed by atoms with van der Waals surface area (Å²) in [5.41, 5.74) is -1.68. The van der Waals surface area contributed by atoms with Gasteiger partial charge >= 0.3 is 5.97 Å². The number of aromatic nitrogens is 1. The zero-order chi connectivity index (χ0) is 45.5. The molecule has 6 N–H and O–H groups in total. The Morgan fingerprint density at radius 3 is 2.44 bits per heavy atom. The van der Waals surface area contributed by atoms with Gasteiger partial charge in [-0.1, -0.05) is 51.1 Å². The third kappa shape index (κ3) is 6.83. The summed E-state index contributed by atoms with van der Waals surface area (Å²) in [5, 5.41) is 42.4. The molecule has 1 aromatic heterocycles. The smallest absolute Gasteiger partial charge is 0.322 e. The van der Waals surface area contributed by atoms with Crippen molar-refractivity contribution in [3.8, 4) is 5.75 Å². The molecule has 5 aliphatic rings. The first-order valence-electron chi connectivity index (χ1n) is 23.2. The van der Waals surface area contributed by atoms with Crippen LogP contribution >= 0.6 is 0 Å². The topological polar surface area (TPSA) is 171 Å². The predicted molar refractivity (Wildman–Crippen MR) is 248 cm³/mol. The SMILES string of the molecule is CC[C@]1(O)C[C@H](C)C[C@](C(=O)OC)(c2cc3c(cc2OC)N(C)[C@H]2[C@@](O)(C(=O)NCCC[Si](C)(C)O)[C@H](O)[C@]4(CC)C=CCN5CC[C@]32[C@@H]54)c2[nH]c3ccccc3c2CCN(C)C1. The molecule has 14 heteroatoms. The number of para-hydroxylation sites is 1. The van der Waals surface area contributed by atoms with Crippen LogP contribution < -0.4 is 15.0 Å². The van der Waals surface area contributed by atoms with E-state index in [0.29, 0.717) is 88.5 Å². The molecule has 0 radical (unpaired) electrons. The number of benzene rings is 2. The van der Waals surface area contributed by atoms with Gasteiger partial charge in [0.25, 0.3) is 5.91 Å². The Balaban J connectivity index is 1.40. The molecule has 344 valence electrons. The minimum Gasteiger partial charge on any atom is -0.496 e. The van der Waals surface area contributed by atoms with E-state index < -0.39 is 59.8 Å². The van der Waals surface area contributed by atoms with E-state index in [0.717, 1.165) is 33.4 Å². The molecule has 1 spiro atoms. The molecule has 9 atom stereocenters. The van der Waals surface area contributed by atoms with Gasteiger partial charge in [0.2, 0.25) is 0 Å². The largest absolute Gasteiger partial charge is 0.496 e. The van der Waals surface area contributed by atoms with Gasteiger partial charge in [0.05, 0.1) is 25.9 Å². The van der Waals surface area contributed by atoms with Crippen molar-refractivity contribution in [3.63, 3.8) is 0 Å². The highest BCUT2D eigenvalue weighted by Crippen LogP contribution is 2.67. The molecule has 3 aromatic rings. The van der Waals surface area contributed by atoms with Crippen molar-refractivity contribution in [1.82, 2.24) is 20.1 Å². The number of nitrogens with one attached hydrogen (secondary N) is 2. The molecular weight excluding hydrogens is 815 g/mol. The summed E-state index contributed by atoms with van der Waals surface area (Å²) in [5.74, 6) is -0.803. The molecule has 0 bridgehead atoms. The third-order valence-electron chi connectivity index (χ3n) is 16.2. The number of methoxy groups -OCH3 is 2. The first kappa shape index (κ1) is 45.8. The number of ether oxygens (including phenoxy) is 2. The number of nitrogens with zero attached hydrogens (tertiary/aromatic N) is 3. The number of hydrogen-bond donors (Lipinski definition) is 6. The van der Waals surface area contributed by atoms with Crippen LogP contribution in [-0.2, 0) is 31.6 Å². The highest BCUT2D eigenvalue weighted by atomic mass is 28.4. The third-order valence-corrected chi connectivity index (χ3v) is 17.7. The number of likely N-dealkylation sites (N-methyl/N-ethyl adjacent to an activating group) is 2. The molecule has 13 nitrogen and oxygen atoms in total. The normalized spacial score (nSPS) is 34.5. The first-order chi connectivity index (χ1) is 29.8. The van der Waals surface area contributed by atoms with Crippen molar-refractivity contribution < 1.29 is 39.2 Å². The van der Waals surface area contributed by atoms with E-state index in [4.69, 9.17) is 9.47 Å². The van der Waals surface area contributed by atoms with Crippen molar-refractivity contribution in [2.45, 2.75) is 125 Å². The molecule has 2 fully saturated rings. The Morgan fingerprint density at radius 2 is 1.76 bits per heavy atom. The molecule has 0 unspecified atom stereocenters. The minimum absolute atomic E-state index is 0.178. The number of hydrogen-bond acceptors (Lipinski definition) is 11. The Labute approximate surface area is 373 Å². The van der Waals surface area contributed by atoms with Crippen LogP contribution in [0, 0.1) is 11.3 Å². The lowest BCUT2D eigenvalue weighted by atomic mass is 9.47. The fourth-order valence-corrected chi connectivity index (χ4v) is 14.6.